The average molecular weight is 348 g/mol. The summed E-state index contributed by atoms with van der Waals surface area (Å²) in [6.45, 7) is 0.840. The topological polar surface area (TPSA) is 255 Å². The lowest BCUT2D eigenvalue weighted by atomic mass is 10.2. The monoisotopic (exact) mass is 348 g/mol. The summed E-state index contributed by atoms with van der Waals surface area (Å²) >= 11 is 0. The highest BCUT2D eigenvalue weighted by Gasteiger charge is 2.10. The Hall–Kier alpha value is -2.60. The second-order valence-corrected chi connectivity index (χ2v) is 4.79. The van der Waals surface area contributed by atoms with Gasteiger partial charge in [0, 0.05) is 13.1 Å². The van der Waals surface area contributed by atoms with Gasteiger partial charge < -0.3 is 44.6 Å². The molecule has 2 atom stereocenters. The molecular formula is C12H28N8O4. The minimum atomic E-state index is -1.00. The van der Waals surface area contributed by atoms with Crippen LogP contribution in [0.3, 0.4) is 0 Å². The van der Waals surface area contributed by atoms with E-state index in [0.717, 1.165) is 0 Å². The lowest BCUT2D eigenvalue weighted by Crippen LogP contribution is -2.30. The molecule has 140 valence electrons. The minimum Gasteiger partial charge on any atom is -0.480 e. The van der Waals surface area contributed by atoms with Gasteiger partial charge >= 0.3 is 11.9 Å². The number of aliphatic carboxylic acids is 2. The first-order valence-corrected chi connectivity index (χ1v) is 7.15. The lowest BCUT2D eigenvalue weighted by molar-refractivity contribution is -0.139. The molecule has 0 radical (unpaired) electrons. The van der Waals surface area contributed by atoms with E-state index in [1.165, 1.54) is 0 Å². The maximum Gasteiger partial charge on any atom is 0.320 e. The summed E-state index contributed by atoms with van der Waals surface area (Å²) in [5, 5.41) is 16.8. The van der Waals surface area contributed by atoms with E-state index in [1.54, 1.807) is 0 Å². The first-order chi connectivity index (χ1) is 11.1. The fourth-order valence-corrected chi connectivity index (χ4v) is 1.29. The van der Waals surface area contributed by atoms with Crippen LogP contribution in [0.2, 0.25) is 0 Å². The summed E-state index contributed by atoms with van der Waals surface area (Å²) in [5.74, 6) is -1.97. The third-order valence-corrected chi connectivity index (χ3v) is 2.57. The Bertz CT molecular complexity index is 393. The van der Waals surface area contributed by atoms with E-state index in [9.17, 15) is 9.59 Å². The van der Waals surface area contributed by atoms with Gasteiger partial charge in [0.25, 0.3) is 0 Å². The second kappa shape index (κ2) is 14.0. The molecule has 0 rings (SSSR count). The predicted octanol–water partition coefficient (Wildman–Crippen LogP) is -3.10. The molecule has 1 unspecified atom stereocenters. The van der Waals surface area contributed by atoms with E-state index in [2.05, 4.69) is 9.98 Å². The highest BCUT2D eigenvalue weighted by molar-refractivity contribution is 5.76. The van der Waals surface area contributed by atoms with Gasteiger partial charge in [0.15, 0.2) is 11.9 Å². The van der Waals surface area contributed by atoms with Crippen LogP contribution in [-0.4, -0.2) is 59.2 Å². The number of aliphatic imine (C=N–C) groups is 2. The molecule has 0 heterocycles. The Morgan fingerprint density at radius 3 is 1.25 bits per heavy atom. The van der Waals surface area contributed by atoms with Crippen LogP contribution in [0, 0.1) is 0 Å². The quantitative estimate of drug-likeness (QED) is 0.112. The highest BCUT2D eigenvalue weighted by Crippen LogP contribution is 1.95. The van der Waals surface area contributed by atoms with Gasteiger partial charge in [0.05, 0.1) is 0 Å². The Labute approximate surface area is 140 Å². The van der Waals surface area contributed by atoms with Crippen LogP contribution in [0.5, 0.6) is 0 Å². The van der Waals surface area contributed by atoms with E-state index in [4.69, 9.17) is 44.6 Å². The zero-order valence-electron chi connectivity index (χ0n) is 13.5. The van der Waals surface area contributed by atoms with Crippen LogP contribution in [0.25, 0.3) is 0 Å². The second-order valence-electron chi connectivity index (χ2n) is 4.79. The SMILES string of the molecule is NC(N)=NCCCC(N)C(=O)O.NC(N)=NCCC[C@H](N)C(=O)O. The minimum absolute atomic E-state index is 0.0129. The van der Waals surface area contributed by atoms with Gasteiger partial charge in [0.2, 0.25) is 0 Å². The summed E-state index contributed by atoms with van der Waals surface area (Å²) in [5.41, 5.74) is 30.6. The third-order valence-electron chi connectivity index (χ3n) is 2.57. The normalized spacial score (nSPS) is 12.1. The van der Waals surface area contributed by atoms with Crippen LogP contribution in [-0.2, 0) is 9.59 Å². The van der Waals surface area contributed by atoms with E-state index in [-0.39, 0.29) is 11.9 Å². The Morgan fingerprint density at radius 1 is 0.750 bits per heavy atom. The van der Waals surface area contributed by atoms with E-state index in [0.29, 0.717) is 38.8 Å². The molecule has 0 aromatic heterocycles. The molecule has 0 aliphatic rings. The summed E-state index contributed by atoms with van der Waals surface area (Å²) in [7, 11) is 0. The fraction of sp³-hybridized carbons (Fsp3) is 0.667. The number of hydrogen-bond donors (Lipinski definition) is 8. The summed E-state index contributed by atoms with van der Waals surface area (Å²) in [6.07, 6.45) is 1.91. The molecule has 0 amide bonds. The number of guanidine groups is 2. The van der Waals surface area contributed by atoms with E-state index >= 15 is 0 Å². The Morgan fingerprint density at radius 2 is 1.04 bits per heavy atom. The number of nitrogens with zero attached hydrogens (tertiary/aromatic N) is 2. The maximum absolute atomic E-state index is 10.2. The van der Waals surface area contributed by atoms with E-state index < -0.39 is 24.0 Å². The number of carboxylic acids is 2. The molecule has 12 nitrogen and oxygen atoms in total. The highest BCUT2D eigenvalue weighted by atomic mass is 16.4. The lowest BCUT2D eigenvalue weighted by Gasteiger charge is -2.03. The van der Waals surface area contributed by atoms with Crippen molar-refractivity contribution in [3.63, 3.8) is 0 Å². The molecule has 12 heteroatoms. The van der Waals surface area contributed by atoms with Crippen molar-refractivity contribution in [2.24, 2.45) is 44.4 Å². The van der Waals surface area contributed by atoms with E-state index in [1.807, 2.05) is 0 Å². The van der Waals surface area contributed by atoms with Crippen molar-refractivity contribution in [2.75, 3.05) is 13.1 Å². The maximum atomic E-state index is 10.2. The van der Waals surface area contributed by atoms with Gasteiger partial charge in [-0.2, -0.15) is 0 Å². The van der Waals surface area contributed by atoms with Crippen molar-refractivity contribution < 1.29 is 19.8 Å². The molecule has 14 N–H and O–H groups in total. The van der Waals surface area contributed by atoms with Crippen molar-refractivity contribution in [2.45, 2.75) is 37.8 Å². The molecule has 0 saturated carbocycles. The summed E-state index contributed by atoms with van der Waals surface area (Å²) in [4.78, 5) is 27.8. The number of carbonyl (C=O) groups is 2. The molecule has 0 aromatic carbocycles. The predicted molar refractivity (Wildman–Crippen MR) is 91.0 cm³/mol. The zero-order chi connectivity index (χ0) is 19.1. The Balaban J connectivity index is 0. The molecule has 0 aliphatic heterocycles. The molecule has 24 heavy (non-hydrogen) atoms. The van der Waals surface area contributed by atoms with Crippen molar-refractivity contribution in [3.05, 3.63) is 0 Å². The van der Waals surface area contributed by atoms with Crippen molar-refractivity contribution in [1.29, 1.82) is 0 Å². The van der Waals surface area contributed by atoms with Gasteiger partial charge in [0.1, 0.15) is 12.1 Å². The standard InChI is InChI=1S/2C6H14N4O2/c2*7-4(5(11)12)2-1-3-10-6(8)9/h2*4H,1-3,7H2,(H,11,12)(H4,8,9,10)/t4-;/m0./s1. The van der Waals surface area contributed by atoms with Gasteiger partial charge in [-0.3, -0.25) is 19.6 Å². The third kappa shape index (κ3) is 17.5. The smallest absolute Gasteiger partial charge is 0.320 e. The fourth-order valence-electron chi connectivity index (χ4n) is 1.29. The van der Waals surface area contributed by atoms with Crippen LogP contribution in [0.4, 0.5) is 0 Å². The van der Waals surface area contributed by atoms with Crippen molar-refractivity contribution in [3.8, 4) is 0 Å². The molecule has 0 saturated heterocycles. The molecule has 0 spiro atoms. The van der Waals surface area contributed by atoms with Crippen LogP contribution in [0.15, 0.2) is 9.98 Å². The van der Waals surface area contributed by atoms with Gasteiger partial charge in [-0.25, -0.2) is 0 Å². The average Bonchev–Trinajstić information content (AvgIpc) is 2.47. The number of hydrogen-bond acceptors (Lipinski definition) is 6. The van der Waals surface area contributed by atoms with Gasteiger partial charge in [-0.15, -0.1) is 0 Å². The largest absolute Gasteiger partial charge is 0.480 e. The summed E-state index contributed by atoms with van der Waals surface area (Å²) < 4.78 is 0. The number of nitrogens with two attached hydrogens (primary N) is 6. The van der Waals surface area contributed by atoms with Crippen LogP contribution >= 0.6 is 0 Å². The Kier molecular flexibility index (Phi) is 13.8. The van der Waals surface area contributed by atoms with Crippen LogP contribution in [0.1, 0.15) is 25.7 Å². The van der Waals surface area contributed by atoms with Gasteiger partial charge in [-0.1, -0.05) is 0 Å². The molecule has 0 fully saturated rings. The van der Waals surface area contributed by atoms with Crippen molar-refractivity contribution in [1.82, 2.24) is 0 Å². The van der Waals surface area contributed by atoms with Gasteiger partial charge in [-0.05, 0) is 25.7 Å². The molecule has 0 aliphatic carbocycles. The summed E-state index contributed by atoms with van der Waals surface area (Å²) in [6, 6.07) is -1.64. The first-order valence-electron chi connectivity index (χ1n) is 7.15. The molecule has 0 aromatic rings. The molecule has 0 bridgehead atoms. The van der Waals surface area contributed by atoms with Crippen LogP contribution < -0.4 is 34.4 Å². The molecular weight excluding hydrogens is 320 g/mol. The van der Waals surface area contributed by atoms with Crippen molar-refractivity contribution >= 4 is 23.9 Å². The zero-order valence-corrected chi connectivity index (χ0v) is 13.5. The number of rotatable bonds is 10. The number of carboxylic acid groups (broad SMARTS) is 2. The first kappa shape index (κ1) is 23.7.